The van der Waals surface area contributed by atoms with Gasteiger partial charge in [0.2, 0.25) is 11.8 Å². The topological polar surface area (TPSA) is 105 Å². The number of para-hydroxylation sites is 1. The first-order valence-electron chi connectivity index (χ1n) is 9.34. The zero-order valence-electron chi connectivity index (χ0n) is 15.4. The minimum Gasteiger partial charge on any atom is -0.398 e. The van der Waals surface area contributed by atoms with E-state index in [4.69, 9.17) is 5.73 Å². The molecule has 2 aromatic rings. The van der Waals surface area contributed by atoms with Gasteiger partial charge in [0, 0.05) is 37.3 Å². The van der Waals surface area contributed by atoms with Crippen molar-refractivity contribution in [1.82, 2.24) is 15.5 Å². The Morgan fingerprint density at radius 3 is 2.57 bits per heavy atom. The van der Waals surface area contributed by atoms with E-state index in [9.17, 15) is 14.4 Å². The van der Waals surface area contributed by atoms with E-state index in [-0.39, 0.29) is 18.2 Å². The number of anilines is 1. The Morgan fingerprint density at radius 1 is 1.04 bits per heavy atom. The molecule has 2 heterocycles. The Balaban J connectivity index is 1.47. The van der Waals surface area contributed by atoms with Crippen molar-refractivity contribution in [2.75, 3.05) is 5.73 Å². The number of hydrogen-bond donors (Lipinski definition) is 3. The first-order valence-corrected chi connectivity index (χ1v) is 9.34. The van der Waals surface area contributed by atoms with Crippen LogP contribution in [0.25, 0.3) is 0 Å². The van der Waals surface area contributed by atoms with Crippen molar-refractivity contribution >= 4 is 23.4 Å². The predicted molar refractivity (Wildman–Crippen MR) is 104 cm³/mol. The van der Waals surface area contributed by atoms with Crippen molar-refractivity contribution in [3.8, 4) is 0 Å². The highest BCUT2D eigenvalue weighted by molar-refractivity contribution is 6.05. The Hall–Kier alpha value is -3.19. The second-order valence-corrected chi connectivity index (χ2v) is 7.15. The van der Waals surface area contributed by atoms with Gasteiger partial charge < -0.3 is 16.0 Å². The van der Waals surface area contributed by atoms with Crippen molar-refractivity contribution < 1.29 is 14.4 Å². The van der Waals surface area contributed by atoms with Crippen LogP contribution in [0.4, 0.5) is 5.69 Å². The van der Waals surface area contributed by atoms with Crippen molar-refractivity contribution in [1.29, 1.82) is 0 Å². The summed E-state index contributed by atoms with van der Waals surface area (Å²) in [4.78, 5) is 38.0. The lowest BCUT2D eigenvalue weighted by Gasteiger charge is -2.29. The maximum atomic E-state index is 12.8. The number of amides is 3. The molecule has 7 heteroatoms. The van der Waals surface area contributed by atoms with Crippen LogP contribution in [0, 0.1) is 0 Å². The van der Waals surface area contributed by atoms with Crippen LogP contribution in [0.1, 0.15) is 39.9 Å². The number of carbonyl (C=O) groups is 3. The highest BCUT2D eigenvalue weighted by Gasteiger charge is 2.39. The molecule has 7 nitrogen and oxygen atoms in total. The third-order valence-electron chi connectivity index (χ3n) is 5.37. The number of hydrogen-bond acceptors (Lipinski definition) is 5. The van der Waals surface area contributed by atoms with E-state index in [2.05, 4.69) is 10.6 Å². The van der Waals surface area contributed by atoms with Gasteiger partial charge in [0.05, 0.1) is 0 Å². The lowest BCUT2D eigenvalue weighted by molar-refractivity contribution is -0.136. The average Bonchev–Trinajstić information content (AvgIpc) is 3.01. The minimum absolute atomic E-state index is 0.154. The molecular formula is C21H22N4O3. The van der Waals surface area contributed by atoms with Gasteiger partial charge in [-0.2, -0.15) is 0 Å². The van der Waals surface area contributed by atoms with Gasteiger partial charge in [0.25, 0.3) is 5.91 Å². The van der Waals surface area contributed by atoms with Gasteiger partial charge in [0.15, 0.2) is 0 Å². The highest BCUT2D eigenvalue weighted by Crippen LogP contribution is 2.29. The molecule has 3 amide bonds. The number of piperidine rings is 1. The molecule has 144 valence electrons. The third-order valence-corrected chi connectivity index (χ3v) is 5.37. The maximum Gasteiger partial charge on any atom is 0.255 e. The van der Waals surface area contributed by atoms with E-state index < -0.39 is 11.9 Å². The number of nitrogen functional groups attached to an aromatic ring is 1. The van der Waals surface area contributed by atoms with Crippen LogP contribution in [0.2, 0.25) is 0 Å². The number of nitrogens with one attached hydrogen (secondary N) is 2. The Morgan fingerprint density at radius 2 is 1.79 bits per heavy atom. The van der Waals surface area contributed by atoms with E-state index >= 15 is 0 Å². The summed E-state index contributed by atoms with van der Waals surface area (Å²) < 4.78 is 0. The Labute approximate surface area is 162 Å². The highest BCUT2D eigenvalue weighted by atomic mass is 16.2. The third kappa shape index (κ3) is 3.36. The summed E-state index contributed by atoms with van der Waals surface area (Å²) in [6, 6.07) is 12.7. The number of carbonyl (C=O) groups excluding carboxylic acids is 3. The fraction of sp³-hybridized carbons (Fsp3) is 0.286. The zero-order valence-corrected chi connectivity index (χ0v) is 15.4. The van der Waals surface area contributed by atoms with Crippen LogP contribution in [0.5, 0.6) is 0 Å². The molecule has 2 aliphatic rings. The van der Waals surface area contributed by atoms with E-state index in [1.165, 1.54) is 0 Å². The lowest BCUT2D eigenvalue weighted by atomic mass is 10.0. The molecule has 1 unspecified atom stereocenters. The van der Waals surface area contributed by atoms with Crippen molar-refractivity contribution in [3.63, 3.8) is 0 Å². The Kier molecular flexibility index (Phi) is 4.83. The number of rotatable bonds is 5. The predicted octanol–water partition coefficient (Wildman–Crippen LogP) is 1.32. The first kappa shape index (κ1) is 18.2. The summed E-state index contributed by atoms with van der Waals surface area (Å²) in [5, 5.41) is 5.71. The van der Waals surface area contributed by atoms with Crippen LogP contribution in [-0.4, -0.2) is 28.7 Å². The van der Waals surface area contributed by atoms with Gasteiger partial charge in [-0.1, -0.05) is 30.3 Å². The van der Waals surface area contributed by atoms with Crippen molar-refractivity contribution in [2.24, 2.45) is 0 Å². The van der Waals surface area contributed by atoms with Gasteiger partial charge in [-0.15, -0.1) is 0 Å². The normalized spacial score (nSPS) is 18.9. The molecular weight excluding hydrogens is 356 g/mol. The van der Waals surface area contributed by atoms with Gasteiger partial charge >= 0.3 is 0 Å². The number of benzene rings is 2. The molecule has 1 saturated heterocycles. The fourth-order valence-corrected chi connectivity index (χ4v) is 3.84. The van der Waals surface area contributed by atoms with E-state index in [0.717, 1.165) is 22.4 Å². The number of nitrogens with two attached hydrogens (primary N) is 1. The lowest BCUT2D eigenvalue weighted by Crippen LogP contribution is -2.52. The molecule has 2 aliphatic heterocycles. The summed E-state index contributed by atoms with van der Waals surface area (Å²) in [5.74, 6) is -0.828. The van der Waals surface area contributed by atoms with E-state index in [0.29, 0.717) is 31.6 Å². The molecule has 2 aromatic carbocycles. The van der Waals surface area contributed by atoms with Gasteiger partial charge in [0.1, 0.15) is 6.04 Å². The number of fused-ring (bicyclic) bond motifs is 1. The van der Waals surface area contributed by atoms with Gasteiger partial charge in [-0.05, 0) is 35.2 Å². The number of imide groups is 1. The maximum absolute atomic E-state index is 12.8. The Bertz CT molecular complexity index is 956. The van der Waals surface area contributed by atoms with Crippen molar-refractivity contribution in [3.05, 3.63) is 64.7 Å². The van der Waals surface area contributed by atoms with Crippen LogP contribution >= 0.6 is 0 Å². The summed E-state index contributed by atoms with van der Waals surface area (Å²) in [7, 11) is 0. The van der Waals surface area contributed by atoms with Crippen LogP contribution in [0.15, 0.2) is 42.5 Å². The second kappa shape index (κ2) is 7.44. The molecule has 0 spiro atoms. The van der Waals surface area contributed by atoms with Crippen LogP contribution in [0.3, 0.4) is 0 Å². The molecule has 0 aliphatic carbocycles. The SMILES string of the molecule is Nc1ccccc1CNCc1cccc2c1CN(C1CCC(=O)NC1=O)C2=O. The molecule has 0 saturated carbocycles. The zero-order chi connectivity index (χ0) is 19.7. The van der Waals surface area contributed by atoms with Gasteiger partial charge in [-0.25, -0.2) is 0 Å². The quantitative estimate of drug-likeness (QED) is 0.538. The van der Waals surface area contributed by atoms with Gasteiger partial charge in [-0.3, -0.25) is 19.7 Å². The molecule has 4 N–H and O–H groups in total. The molecule has 1 fully saturated rings. The monoisotopic (exact) mass is 378 g/mol. The van der Waals surface area contributed by atoms with Crippen LogP contribution in [-0.2, 0) is 29.2 Å². The molecule has 0 aromatic heterocycles. The number of nitrogens with zero attached hydrogens (tertiary/aromatic N) is 1. The largest absolute Gasteiger partial charge is 0.398 e. The second-order valence-electron chi connectivity index (χ2n) is 7.15. The molecule has 0 radical (unpaired) electrons. The fourth-order valence-electron chi connectivity index (χ4n) is 3.84. The molecule has 28 heavy (non-hydrogen) atoms. The average molecular weight is 378 g/mol. The molecule has 4 rings (SSSR count). The van der Waals surface area contributed by atoms with E-state index in [1.54, 1.807) is 11.0 Å². The summed E-state index contributed by atoms with van der Waals surface area (Å²) in [5.41, 5.74) is 10.3. The molecule has 0 bridgehead atoms. The van der Waals surface area contributed by atoms with E-state index in [1.807, 2.05) is 36.4 Å². The first-order chi connectivity index (χ1) is 13.5. The summed E-state index contributed by atoms with van der Waals surface area (Å²) >= 11 is 0. The van der Waals surface area contributed by atoms with Crippen LogP contribution < -0.4 is 16.4 Å². The minimum atomic E-state index is -0.595. The smallest absolute Gasteiger partial charge is 0.255 e. The summed E-state index contributed by atoms with van der Waals surface area (Å²) in [6.45, 7) is 1.60. The standard InChI is InChI=1S/C21H22N4O3/c22-17-7-2-1-4-14(17)11-23-10-13-5-3-6-15-16(13)12-25(21(15)28)18-8-9-19(26)24-20(18)27/h1-7,18,23H,8-12,22H2,(H,24,26,27). The summed E-state index contributed by atoms with van der Waals surface area (Å²) in [6.07, 6.45) is 0.620. The molecule has 1 atom stereocenters. The van der Waals surface area contributed by atoms with Crippen molar-refractivity contribution in [2.45, 2.75) is 38.5 Å².